The molecular formula is C14H31NO. The molecule has 0 spiro atoms. The van der Waals surface area contributed by atoms with Crippen LogP contribution in [-0.4, -0.2) is 25.3 Å². The van der Waals surface area contributed by atoms with Crippen molar-refractivity contribution in [2.75, 3.05) is 13.7 Å². The van der Waals surface area contributed by atoms with E-state index in [1.807, 2.05) is 7.05 Å². The van der Waals surface area contributed by atoms with E-state index in [0.717, 1.165) is 13.0 Å². The molecule has 0 aromatic heterocycles. The summed E-state index contributed by atoms with van der Waals surface area (Å²) in [6.45, 7) is 14.2. The first-order chi connectivity index (χ1) is 7.29. The Morgan fingerprint density at radius 1 is 1.12 bits per heavy atom. The van der Waals surface area contributed by atoms with Gasteiger partial charge in [-0.2, -0.15) is 0 Å². The summed E-state index contributed by atoms with van der Waals surface area (Å²) in [6.07, 6.45) is 3.45. The maximum absolute atomic E-state index is 5.93. The quantitative estimate of drug-likeness (QED) is 0.720. The number of rotatable bonds is 7. The molecule has 2 nitrogen and oxygen atoms in total. The van der Waals surface area contributed by atoms with Crippen molar-refractivity contribution in [1.82, 2.24) is 5.32 Å². The van der Waals surface area contributed by atoms with Gasteiger partial charge in [0.25, 0.3) is 0 Å². The van der Waals surface area contributed by atoms with Crippen LogP contribution in [0.25, 0.3) is 0 Å². The Morgan fingerprint density at radius 3 is 2.00 bits per heavy atom. The highest BCUT2D eigenvalue weighted by molar-refractivity contribution is 4.88. The Balaban J connectivity index is 4.44. The summed E-state index contributed by atoms with van der Waals surface area (Å²) in [5.41, 5.74) is 0.366. The highest BCUT2D eigenvalue weighted by atomic mass is 16.5. The molecule has 0 aromatic carbocycles. The Labute approximate surface area is 102 Å². The van der Waals surface area contributed by atoms with Gasteiger partial charge in [-0.3, -0.25) is 0 Å². The van der Waals surface area contributed by atoms with Gasteiger partial charge in [0.1, 0.15) is 0 Å². The monoisotopic (exact) mass is 229 g/mol. The second-order valence-corrected chi connectivity index (χ2v) is 6.04. The molecule has 0 aliphatic carbocycles. The summed E-state index contributed by atoms with van der Waals surface area (Å²) in [7, 11) is 2.04. The number of likely N-dealkylation sites (N-methyl/N-ethyl adjacent to an activating group) is 1. The van der Waals surface area contributed by atoms with Crippen molar-refractivity contribution < 1.29 is 4.74 Å². The van der Waals surface area contributed by atoms with Crippen molar-refractivity contribution in [1.29, 1.82) is 0 Å². The minimum atomic E-state index is -0.0330. The molecule has 0 saturated heterocycles. The van der Waals surface area contributed by atoms with Crippen LogP contribution in [0.15, 0.2) is 0 Å². The first kappa shape index (κ1) is 15.9. The molecule has 1 N–H and O–H groups in total. The van der Waals surface area contributed by atoms with Crippen LogP contribution in [-0.2, 0) is 4.74 Å². The van der Waals surface area contributed by atoms with Gasteiger partial charge >= 0.3 is 0 Å². The maximum Gasteiger partial charge on any atom is 0.0803 e. The third-order valence-electron chi connectivity index (χ3n) is 3.44. The molecule has 98 valence electrons. The van der Waals surface area contributed by atoms with Gasteiger partial charge in [-0.1, -0.05) is 27.7 Å². The Bertz CT molecular complexity index is 186. The van der Waals surface area contributed by atoms with E-state index >= 15 is 0 Å². The molecule has 0 heterocycles. The standard InChI is InChI=1S/C14H31NO/c1-8-14(6,16-9-2)12(15-7)10-11-13(3,4)5/h12,15H,8-11H2,1-7H3. The molecule has 0 aliphatic heterocycles. The van der Waals surface area contributed by atoms with Crippen LogP contribution in [0.5, 0.6) is 0 Å². The Hall–Kier alpha value is -0.0800. The van der Waals surface area contributed by atoms with Crippen LogP contribution in [0.3, 0.4) is 0 Å². The van der Waals surface area contributed by atoms with Gasteiger partial charge in [0.15, 0.2) is 0 Å². The van der Waals surface area contributed by atoms with Crippen LogP contribution >= 0.6 is 0 Å². The summed E-state index contributed by atoms with van der Waals surface area (Å²) in [5.74, 6) is 0. The lowest BCUT2D eigenvalue weighted by atomic mass is 9.83. The van der Waals surface area contributed by atoms with Crippen molar-refractivity contribution in [3.63, 3.8) is 0 Å². The molecule has 0 rings (SSSR count). The largest absolute Gasteiger partial charge is 0.374 e. The average Bonchev–Trinajstić information content (AvgIpc) is 2.17. The zero-order valence-corrected chi connectivity index (χ0v) is 12.3. The van der Waals surface area contributed by atoms with E-state index < -0.39 is 0 Å². The lowest BCUT2D eigenvalue weighted by molar-refractivity contribution is -0.0571. The number of ether oxygens (including phenoxy) is 1. The van der Waals surface area contributed by atoms with Gasteiger partial charge in [-0.05, 0) is 45.6 Å². The van der Waals surface area contributed by atoms with Gasteiger partial charge in [0.05, 0.1) is 5.60 Å². The molecule has 16 heavy (non-hydrogen) atoms. The number of nitrogens with one attached hydrogen (secondary N) is 1. The van der Waals surface area contributed by atoms with Crippen molar-refractivity contribution in [2.24, 2.45) is 5.41 Å². The summed E-state index contributed by atoms with van der Waals surface area (Å²) in [5, 5.41) is 3.43. The van der Waals surface area contributed by atoms with Crippen LogP contribution in [0.4, 0.5) is 0 Å². The summed E-state index contributed by atoms with van der Waals surface area (Å²) in [6, 6.07) is 0.441. The highest BCUT2D eigenvalue weighted by Gasteiger charge is 2.32. The molecule has 0 fully saturated rings. The summed E-state index contributed by atoms with van der Waals surface area (Å²) >= 11 is 0. The molecular weight excluding hydrogens is 198 g/mol. The number of hydrogen-bond acceptors (Lipinski definition) is 2. The van der Waals surface area contributed by atoms with E-state index in [4.69, 9.17) is 4.74 Å². The molecule has 2 heteroatoms. The maximum atomic E-state index is 5.93. The molecule has 0 aromatic rings. The van der Waals surface area contributed by atoms with Crippen molar-refractivity contribution in [3.05, 3.63) is 0 Å². The van der Waals surface area contributed by atoms with Gasteiger partial charge in [0.2, 0.25) is 0 Å². The first-order valence-corrected chi connectivity index (χ1v) is 6.60. The minimum absolute atomic E-state index is 0.0330. The van der Waals surface area contributed by atoms with Crippen LogP contribution < -0.4 is 5.32 Å². The first-order valence-electron chi connectivity index (χ1n) is 6.60. The molecule has 2 atom stereocenters. The van der Waals surface area contributed by atoms with Crippen LogP contribution in [0, 0.1) is 5.41 Å². The predicted molar refractivity (Wildman–Crippen MR) is 71.9 cm³/mol. The van der Waals surface area contributed by atoms with Gasteiger partial charge in [0, 0.05) is 12.6 Å². The second kappa shape index (κ2) is 6.61. The lowest BCUT2D eigenvalue weighted by Crippen LogP contribution is -2.49. The van der Waals surface area contributed by atoms with Crippen molar-refractivity contribution in [3.8, 4) is 0 Å². The highest BCUT2D eigenvalue weighted by Crippen LogP contribution is 2.28. The molecule has 0 aliphatic rings. The van der Waals surface area contributed by atoms with Gasteiger partial charge in [-0.25, -0.2) is 0 Å². The van der Waals surface area contributed by atoms with E-state index in [1.165, 1.54) is 12.8 Å². The summed E-state index contributed by atoms with van der Waals surface area (Å²) in [4.78, 5) is 0. The fourth-order valence-electron chi connectivity index (χ4n) is 2.11. The molecule has 0 bridgehead atoms. The average molecular weight is 229 g/mol. The second-order valence-electron chi connectivity index (χ2n) is 6.04. The van der Waals surface area contributed by atoms with Crippen molar-refractivity contribution >= 4 is 0 Å². The van der Waals surface area contributed by atoms with E-state index in [0.29, 0.717) is 11.5 Å². The third kappa shape index (κ3) is 5.31. The van der Waals surface area contributed by atoms with Crippen molar-refractivity contribution in [2.45, 2.75) is 72.4 Å². The molecule has 0 radical (unpaired) electrons. The van der Waals surface area contributed by atoms with E-state index in [1.54, 1.807) is 0 Å². The third-order valence-corrected chi connectivity index (χ3v) is 3.44. The van der Waals surface area contributed by atoms with E-state index in [9.17, 15) is 0 Å². The fraction of sp³-hybridized carbons (Fsp3) is 1.00. The van der Waals surface area contributed by atoms with Crippen LogP contribution in [0.1, 0.15) is 60.8 Å². The lowest BCUT2D eigenvalue weighted by Gasteiger charge is -2.38. The fourth-order valence-corrected chi connectivity index (χ4v) is 2.11. The zero-order chi connectivity index (χ0) is 12.8. The van der Waals surface area contributed by atoms with Gasteiger partial charge in [-0.15, -0.1) is 0 Å². The smallest absolute Gasteiger partial charge is 0.0803 e. The van der Waals surface area contributed by atoms with E-state index in [-0.39, 0.29) is 5.60 Å². The zero-order valence-electron chi connectivity index (χ0n) is 12.3. The predicted octanol–water partition coefficient (Wildman–Crippen LogP) is 3.61. The van der Waals surface area contributed by atoms with E-state index in [2.05, 4.69) is 46.9 Å². The molecule has 0 saturated carbocycles. The normalized spacial score (nSPS) is 18.2. The summed E-state index contributed by atoms with van der Waals surface area (Å²) < 4.78 is 5.93. The Kier molecular flexibility index (Phi) is 6.57. The van der Waals surface area contributed by atoms with Crippen LogP contribution in [0.2, 0.25) is 0 Å². The minimum Gasteiger partial charge on any atom is -0.374 e. The SMILES string of the molecule is CCOC(C)(CC)C(CCC(C)(C)C)NC. The molecule has 2 unspecified atom stereocenters. The molecule has 0 amide bonds. The van der Waals surface area contributed by atoms with Gasteiger partial charge < -0.3 is 10.1 Å². The Morgan fingerprint density at radius 2 is 1.69 bits per heavy atom. The topological polar surface area (TPSA) is 21.3 Å². The number of hydrogen-bond donors (Lipinski definition) is 1.